The molecule has 21 heavy (non-hydrogen) atoms. The maximum Gasteiger partial charge on any atom is 0.329 e. The van der Waals surface area contributed by atoms with Crippen LogP contribution in [-0.2, 0) is 19.1 Å². The molecular formula is C16H31NO4. The maximum atomic E-state index is 12.2. The molecule has 0 aliphatic heterocycles. The minimum absolute atomic E-state index is 0.0292. The lowest BCUT2D eigenvalue weighted by Gasteiger charge is -2.27. The first-order valence-corrected chi connectivity index (χ1v) is 7.61. The predicted octanol–water partition coefficient (Wildman–Crippen LogP) is 2.53. The van der Waals surface area contributed by atoms with Crippen LogP contribution >= 0.6 is 0 Å². The Morgan fingerprint density at radius 2 is 1.76 bits per heavy atom. The molecule has 0 heterocycles. The molecule has 0 fully saturated rings. The maximum absolute atomic E-state index is 12.2. The van der Waals surface area contributed by atoms with E-state index in [1.165, 1.54) is 0 Å². The van der Waals surface area contributed by atoms with E-state index in [1.807, 2.05) is 41.5 Å². The number of ether oxygens (including phenoxy) is 2. The number of carbonyl (C=O) groups is 2. The number of nitrogens with one attached hydrogen (secondary N) is 1. The van der Waals surface area contributed by atoms with Gasteiger partial charge in [0.15, 0.2) is 0 Å². The average Bonchev–Trinajstić information content (AvgIpc) is 2.33. The molecule has 0 aliphatic rings. The van der Waals surface area contributed by atoms with Gasteiger partial charge in [0.2, 0.25) is 5.91 Å². The van der Waals surface area contributed by atoms with Gasteiger partial charge in [-0.25, -0.2) is 4.79 Å². The molecule has 124 valence electrons. The highest BCUT2D eigenvalue weighted by atomic mass is 16.6. The van der Waals surface area contributed by atoms with Gasteiger partial charge < -0.3 is 14.8 Å². The summed E-state index contributed by atoms with van der Waals surface area (Å²) >= 11 is 0. The zero-order valence-electron chi connectivity index (χ0n) is 14.5. The van der Waals surface area contributed by atoms with Crippen LogP contribution in [0.5, 0.6) is 0 Å². The van der Waals surface area contributed by atoms with Crippen LogP contribution in [0.25, 0.3) is 0 Å². The molecule has 3 atom stereocenters. The fraction of sp³-hybridized carbons (Fsp3) is 0.875. The van der Waals surface area contributed by atoms with Crippen molar-refractivity contribution in [2.24, 2.45) is 11.8 Å². The van der Waals surface area contributed by atoms with E-state index in [2.05, 4.69) is 5.32 Å². The Morgan fingerprint density at radius 1 is 1.19 bits per heavy atom. The van der Waals surface area contributed by atoms with Gasteiger partial charge in [-0.15, -0.1) is 0 Å². The molecule has 0 saturated heterocycles. The first-order valence-electron chi connectivity index (χ1n) is 7.61. The molecule has 0 radical (unpaired) electrons. The molecule has 0 aromatic rings. The molecule has 0 saturated carbocycles. The Labute approximate surface area is 128 Å². The van der Waals surface area contributed by atoms with Gasteiger partial charge in [0.25, 0.3) is 0 Å². The Hall–Kier alpha value is -1.10. The number of esters is 1. The SMILES string of the molecule is CC[C@H](C)[C@H](NC(=O)CC(C)COC)C(=O)OC(C)(C)C. The van der Waals surface area contributed by atoms with E-state index in [9.17, 15) is 9.59 Å². The van der Waals surface area contributed by atoms with Crippen LogP contribution in [0.3, 0.4) is 0 Å². The van der Waals surface area contributed by atoms with Crippen molar-refractivity contribution in [3.63, 3.8) is 0 Å². The number of carbonyl (C=O) groups excluding carboxylic acids is 2. The Morgan fingerprint density at radius 3 is 2.19 bits per heavy atom. The molecule has 1 unspecified atom stereocenters. The molecule has 1 N–H and O–H groups in total. The van der Waals surface area contributed by atoms with E-state index >= 15 is 0 Å². The largest absolute Gasteiger partial charge is 0.458 e. The fourth-order valence-electron chi connectivity index (χ4n) is 1.93. The van der Waals surface area contributed by atoms with Gasteiger partial charge in [0, 0.05) is 20.1 Å². The van der Waals surface area contributed by atoms with Gasteiger partial charge in [0.05, 0.1) is 0 Å². The van der Waals surface area contributed by atoms with E-state index < -0.39 is 11.6 Å². The molecule has 5 nitrogen and oxygen atoms in total. The fourth-order valence-corrected chi connectivity index (χ4v) is 1.93. The molecule has 0 spiro atoms. The van der Waals surface area contributed by atoms with Crippen LogP contribution < -0.4 is 5.32 Å². The minimum Gasteiger partial charge on any atom is -0.458 e. The summed E-state index contributed by atoms with van der Waals surface area (Å²) in [6.45, 7) is 11.8. The summed E-state index contributed by atoms with van der Waals surface area (Å²) in [5.41, 5.74) is -0.559. The van der Waals surface area contributed by atoms with Crippen molar-refractivity contribution in [1.29, 1.82) is 0 Å². The summed E-state index contributed by atoms with van der Waals surface area (Å²) in [4.78, 5) is 24.3. The highest BCUT2D eigenvalue weighted by molar-refractivity contribution is 5.85. The lowest BCUT2D eigenvalue weighted by molar-refractivity contribution is -0.160. The highest BCUT2D eigenvalue weighted by Gasteiger charge is 2.30. The third-order valence-electron chi connectivity index (χ3n) is 3.18. The van der Waals surface area contributed by atoms with Crippen LogP contribution in [0.1, 0.15) is 54.4 Å². The van der Waals surface area contributed by atoms with Gasteiger partial charge >= 0.3 is 5.97 Å². The smallest absolute Gasteiger partial charge is 0.329 e. The lowest BCUT2D eigenvalue weighted by Crippen LogP contribution is -2.48. The van der Waals surface area contributed by atoms with Gasteiger partial charge in [-0.05, 0) is 32.6 Å². The van der Waals surface area contributed by atoms with Crippen molar-refractivity contribution in [2.75, 3.05) is 13.7 Å². The summed E-state index contributed by atoms with van der Waals surface area (Å²) in [6, 6.07) is -0.600. The Balaban J connectivity index is 4.70. The van der Waals surface area contributed by atoms with Gasteiger partial charge in [-0.2, -0.15) is 0 Å². The quantitative estimate of drug-likeness (QED) is 0.700. The molecule has 0 rings (SSSR count). The second kappa shape index (κ2) is 9.03. The summed E-state index contributed by atoms with van der Waals surface area (Å²) in [5, 5.41) is 2.81. The average molecular weight is 301 g/mol. The summed E-state index contributed by atoms with van der Waals surface area (Å²) in [7, 11) is 1.61. The van der Waals surface area contributed by atoms with Crippen molar-refractivity contribution in [1.82, 2.24) is 5.32 Å². The van der Waals surface area contributed by atoms with Crippen LogP contribution in [0.4, 0.5) is 0 Å². The molecule has 0 aliphatic carbocycles. The number of methoxy groups -OCH3 is 1. The first kappa shape index (κ1) is 19.9. The summed E-state index contributed by atoms with van der Waals surface area (Å²) in [6.07, 6.45) is 1.13. The topological polar surface area (TPSA) is 64.6 Å². The standard InChI is InChI=1S/C16H31NO4/c1-8-12(3)14(15(19)21-16(4,5)6)17-13(18)9-11(2)10-20-7/h11-12,14H,8-10H2,1-7H3,(H,17,18)/t11?,12-,14-/m0/s1. The van der Waals surface area contributed by atoms with Crippen LogP contribution in [-0.4, -0.2) is 37.2 Å². The van der Waals surface area contributed by atoms with Crippen LogP contribution in [0.2, 0.25) is 0 Å². The minimum atomic E-state index is -0.600. The second-order valence-electron chi connectivity index (χ2n) is 6.73. The highest BCUT2D eigenvalue weighted by Crippen LogP contribution is 2.15. The number of amides is 1. The third kappa shape index (κ3) is 8.71. The summed E-state index contributed by atoms with van der Waals surface area (Å²) in [5.74, 6) is -0.368. The molecule has 0 bridgehead atoms. The predicted molar refractivity (Wildman–Crippen MR) is 82.9 cm³/mol. The van der Waals surface area contributed by atoms with Crippen molar-refractivity contribution in [3.05, 3.63) is 0 Å². The van der Waals surface area contributed by atoms with E-state index in [0.29, 0.717) is 13.0 Å². The van der Waals surface area contributed by atoms with E-state index in [1.54, 1.807) is 7.11 Å². The van der Waals surface area contributed by atoms with E-state index in [4.69, 9.17) is 9.47 Å². The van der Waals surface area contributed by atoms with Crippen molar-refractivity contribution >= 4 is 11.9 Å². The van der Waals surface area contributed by atoms with Crippen molar-refractivity contribution in [2.45, 2.75) is 66.0 Å². The van der Waals surface area contributed by atoms with Gasteiger partial charge in [-0.3, -0.25) is 4.79 Å². The lowest BCUT2D eigenvalue weighted by atomic mass is 9.98. The van der Waals surface area contributed by atoms with Crippen molar-refractivity contribution in [3.8, 4) is 0 Å². The van der Waals surface area contributed by atoms with E-state index in [-0.39, 0.29) is 23.7 Å². The number of rotatable bonds is 8. The zero-order chi connectivity index (χ0) is 16.6. The second-order valence-corrected chi connectivity index (χ2v) is 6.73. The first-order chi connectivity index (χ1) is 9.60. The Kier molecular flexibility index (Phi) is 8.55. The molecular weight excluding hydrogens is 270 g/mol. The monoisotopic (exact) mass is 301 g/mol. The molecule has 0 aromatic heterocycles. The number of hydrogen-bond acceptors (Lipinski definition) is 4. The van der Waals surface area contributed by atoms with Crippen LogP contribution in [0, 0.1) is 11.8 Å². The third-order valence-corrected chi connectivity index (χ3v) is 3.18. The molecule has 1 amide bonds. The van der Waals surface area contributed by atoms with E-state index in [0.717, 1.165) is 6.42 Å². The molecule has 0 aromatic carbocycles. The zero-order valence-corrected chi connectivity index (χ0v) is 14.5. The van der Waals surface area contributed by atoms with Gasteiger partial charge in [0.1, 0.15) is 11.6 Å². The van der Waals surface area contributed by atoms with Crippen LogP contribution in [0.15, 0.2) is 0 Å². The number of hydrogen-bond donors (Lipinski definition) is 1. The Bertz CT molecular complexity index is 336. The molecule has 5 heteroatoms. The normalized spacial score (nSPS) is 16.0. The van der Waals surface area contributed by atoms with Gasteiger partial charge in [-0.1, -0.05) is 27.2 Å². The van der Waals surface area contributed by atoms with Crippen molar-refractivity contribution < 1.29 is 19.1 Å². The summed E-state index contributed by atoms with van der Waals surface area (Å²) < 4.78 is 10.4.